The van der Waals surface area contributed by atoms with Crippen LogP contribution in [0.5, 0.6) is 0 Å². The second-order valence-corrected chi connectivity index (χ2v) is 8.20. The van der Waals surface area contributed by atoms with E-state index in [4.69, 9.17) is 5.26 Å². The summed E-state index contributed by atoms with van der Waals surface area (Å²) in [5, 5.41) is 11.7. The summed E-state index contributed by atoms with van der Waals surface area (Å²) in [5.74, 6) is -0.243. The third kappa shape index (κ3) is 4.85. The van der Waals surface area contributed by atoms with E-state index >= 15 is 0 Å². The van der Waals surface area contributed by atoms with Crippen molar-refractivity contribution in [2.75, 3.05) is 18.4 Å². The van der Waals surface area contributed by atoms with Crippen LogP contribution in [0, 0.1) is 18.3 Å². The molecule has 0 radical (unpaired) electrons. The summed E-state index contributed by atoms with van der Waals surface area (Å²) in [7, 11) is 0. The third-order valence-electron chi connectivity index (χ3n) is 6.09. The summed E-state index contributed by atoms with van der Waals surface area (Å²) >= 11 is 0. The number of piperidine rings is 1. The largest absolute Gasteiger partial charge is 0.339 e. The van der Waals surface area contributed by atoms with Gasteiger partial charge in [-0.3, -0.25) is 14.4 Å². The van der Waals surface area contributed by atoms with Gasteiger partial charge in [0, 0.05) is 30.5 Å². The van der Waals surface area contributed by atoms with Crippen LogP contribution in [0.15, 0.2) is 65.6 Å². The van der Waals surface area contributed by atoms with E-state index < -0.39 is 11.5 Å². The van der Waals surface area contributed by atoms with Gasteiger partial charge in [0.05, 0.1) is 11.6 Å². The van der Waals surface area contributed by atoms with Crippen LogP contribution >= 0.6 is 0 Å². The monoisotopic (exact) mass is 440 g/mol. The van der Waals surface area contributed by atoms with Gasteiger partial charge in [-0.05, 0) is 73.2 Å². The molecule has 7 nitrogen and oxygen atoms in total. The summed E-state index contributed by atoms with van der Waals surface area (Å²) in [6.07, 6.45) is 3.17. The van der Waals surface area contributed by atoms with E-state index in [1.807, 2.05) is 36.1 Å². The van der Waals surface area contributed by atoms with E-state index in [1.165, 1.54) is 17.8 Å². The number of hydrogen-bond donors (Lipinski definition) is 2. The number of aromatic amines is 1. The predicted molar refractivity (Wildman–Crippen MR) is 125 cm³/mol. The normalized spacial score (nSPS) is 13.9. The van der Waals surface area contributed by atoms with Gasteiger partial charge in [0.15, 0.2) is 0 Å². The average molecular weight is 441 g/mol. The number of nitriles is 1. The summed E-state index contributed by atoms with van der Waals surface area (Å²) < 4.78 is 0. The van der Waals surface area contributed by atoms with Crippen molar-refractivity contribution in [1.82, 2.24) is 9.88 Å². The highest BCUT2D eigenvalue weighted by atomic mass is 16.2. The van der Waals surface area contributed by atoms with E-state index in [9.17, 15) is 14.4 Å². The molecule has 4 rings (SSSR count). The lowest BCUT2D eigenvalue weighted by molar-refractivity contribution is 0.0712. The maximum Gasteiger partial charge on any atom is 0.261 e. The molecular formula is C26H24N4O3. The molecule has 1 fully saturated rings. The molecule has 0 spiro atoms. The molecular weight excluding hydrogens is 416 g/mol. The van der Waals surface area contributed by atoms with E-state index in [1.54, 1.807) is 24.3 Å². The van der Waals surface area contributed by atoms with Gasteiger partial charge in [0.25, 0.3) is 17.4 Å². The van der Waals surface area contributed by atoms with E-state index in [0.717, 1.165) is 18.4 Å². The van der Waals surface area contributed by atoms with E-state index in [-0.39, 0.29) is 11.5 Å². The smallest absolute Gasteiger partial charge is 0.261 e. The van der Waals surface area contributed by atoms with Crippen molar-refractivity contribution >= 4 is 17.5 Å². The second-order valence-electron chi connectivity index (χ2n) is 8.20. The highest BCUT2D eigenvalue weighted by Crippen LogP contribution is 2.29. The van der Waals surface area contributed by atoms with Crippen molar-refractivity contribution in [3.8, 4) is 6.07 Å². The fourth-order valence-corrected chi connectivity index (χ4v) is 4.11. The molecule has 0 unspecified atom stereocenters. The summed E-state index contributed by atoms with van der Waals surface area (Å²) in [6, 6.07) is 18.0. The molecule has 0 atom stereocenters. The van der Waals surface area contributed by atoms with Crippen LogP contribution in [0.4, 0.5) is 5.69 Å². The van der Waals surface area contributed by atoms with Crippen LogP contribution in [-0.2, 0) is 0 Å². The van der Waals surface area contributed by atoms with Crippen molar-refractivity contribution in [3.05, 3.63) is 99.0 Å². The molecule has 1 aromatic heterocycles. The Labute approximate surface area is 191 Å². The number of carbonyl (C=O) groups is 2. The van der Waals surface area contributed by atoms with Crippen LogP contribution < -0.4 is 10.9 Å². The first-order chi connectivity index (χ1) is 16.0. The topological polar surface area (TPSA) is 106 Å². The van der Waals surface area contributed by atoms with Gasteiger partial charge < -0.3 is 15.2 Å². The third-order valence-corrected chi connectivity index (χ3v) is 6.09. The van der Waals surface area contributed by atoms with Crippen molar-refractivity contribution in [1.29, 1.82) is 5.26 Å². The van der Waals surface area contributed by atoms with E-state index in [2.05, 4.69) is 16.4 Å². The lowest BCUT2D eigenvalue weighted by Crippen LogP contribution is -2.38. The minimum absolute atomic E-state index is 0.0125. The Morgan fingerprint density at radius 1 is 1.09 bits per heavy atom. The number of amides is 2. The quantitative estimate of drug-likeness (QED) is 0.643. The number of nitrogens with zero attached hydrogens (tertiary/aromatic N) is 2. The summed E-state index contributed by atoms with van der Waals surface area (Å²) in [6.45, 7) is 3.11. The molecule has 2 heterocycles. The molecule has 2 aromatic carbocycles. The zero-order valence-corrected chi connectivity index (χ0v) is 18.3. The van der Waals surface area contributed by atoms with Gasteiger partial charge in [0.1, 0.15) is 5.56 Å². The molecule has 2 N–H and O–H groups in total. The Bertz CT molecular complexity index is 1280. The first-order valence-electron chi connectivity index (χ1n) is 10.9. The molecule has 0 saturated carbocycles. The molecule has 1 saturated heterocycles. The number of aryl methyl sites for hydroxylation is 1. The van der Waals surface area contributed by atoms with Crippen LogP contribution in [0.2, 0.25) is 0 Å². The van der Waals surface area contributed by atoms with Gasteiger partial charge in [-0.2, -0.15) is 5.26 Å². The first kappa shape index (κ1) is 22.0. The van der Waals surface area contributed by atoms with Gasteiger partial charge in [-0.25, -0.2) is 0 Å². The Hall–Kier alpha value is -4.18. The number of pyridine rings is 1. The fourth-order valence-electron chi connectivity index (χ4n) is 4.11. The van der Waals surface area contributed by atoms with Crippen LogP contribution in [0.3, 0.4) is 0 Å². The zero-order chi connectivity index (χ0) is 23.4. The number of rotatable bonds is 4. The van der Waals surface area contributed by atoms with Crippen LogP contribution in [0.25, 0.3) is 0 Å². The molecule has 7 heteroatoms. The summed E-state index contributed by atoms with van der Waals surface area (Å²) in [5.41, 5.74) is 3.18. The standard InChI is InChI=1S/C26H24N4O3/c1-17-4-7-21(15-23(17)29-25(32)22-3-2-12-28-24(22)31)26(33)30-13-10-20(11-14-30)19-8-5-18(16-27)6-9-19/h2-9,12,15,20H,10-11,13-14H2,1H3,(H,28,31)(H,29,32). The number of hydrogen-bond acceptors (Lipinski definition) is 4. The SMILES string of the molecule is Cc1ccc(C(=O)N2CCC(c3ccc(C#N)cc3)CC2)cc1NC(=O)c1ccc[nH]c1=O. The Kier molecular flexibility index (Phi) is 6.36. The number of carbonyl (C=O) groups excluding carboxylic acids is 2. The number of H-pyrrole nitrogens is 1. The van der Waals surface area contributed by atoms with Crippen molar-refractivity contribution in [2.45, 2.75) is 25.7 Å². The van der Waals surface area contributed by atoms with Crippen molar-refractivity contribution < 1.29 is 9.59 Å². The molecule has 0 bridgehead atoms. The van der Waals surface area contributed by atoms with Crippen molar-refractivity contribution in [2.24, 2.45) is 0 Å². The number of anilines is 1. The molecule has 33 heavy (non-hydrogen) atoms. The minimum Gasteiger partial charge on any atom is -0.339 e. The predicted octanol–water partition coefficient (Wildman–Crippen LogP) is 3.83. The van der Waals surface area contributed by atoms with Gasteiger partial charge in [0.2, 0.25) is 0 Å². The highest BCUT2D eigenvalue weighted by Gasteiger charge is 2.25. The number of aromatic nitrogens is 1. The van der Waals surface area contributed by atoms with Crippen molar-refractivity contribution in [3.63, 3.8) is 0 Å². The molecule has 166 valence electrons. The zero-order valence-electron chi connectivity index (χ0n) is 18.3. The average Bonchev–Trinajstić information content (AvgIpc) is 2.85. The maximum atomic E-state index is 13.1. The molecule has 0 aliphatic carbocycles. The molecule has 2 amide bonds. The van der Waals surface area contributed by atoms with Gasteiger partial charge >= 0.3 is 0 Å². The van der Waals surface area contributed by atoms with Gasteiger partial charge in [-0.15, -0.1) is 0 Å². The lowest BCUT2D eigenvalue weighted by Gasteiger charge is -2.32. The second kappa shape index (κ2) is 9.53. The van der Waals surface area contributed by atoms with Crippen LogP contribution in [0.1, 0.15) is 56.2 Å². The number of likely N-dealkylation sites (tertiary alicyclic amines) is 1. The molecule has 1 aliphatic heterocycles. The van der Waals surface area contributed by atoms with Gasteiger partial charge in [-0.1, -0.05) is 18.2 Å². The molecule has 3 aromatic rings. The lowest BCUT2D eigenvalue weighted by atomic mass is 9.89. The van der Waals surface area contributed by atoms with E-state index in [0.29, 0.717) is 35.8 Å². The minimum atomic E-state index is -0.521. The Morgan fingerprint density at radius 3 is 2.48 bits per heavy atom. The number of benzene rings is 2. The molecule has 1 aliphatic rings. The highest BCUT2D eigenvalue weighted by molar-refractivity contribution is 6.05. The fraction of sp³-hybridized carbons (Fsp3) is 0.231. The maximum absolute atomic E-state index is 13.1. The number of nitrogens with one attached hydrogen (secondary N) is 2. The Balaban J connectivity index is 1.43. The first-order valence-corrected chi connectivity index (χ1v) is 10.9. The Morgan fingerprint density at radius 2 is 1.82 bits per heavy atom. The summed E-state index contributed by atoms with van der Waals surface area (Å²) in [4.78, 5) is 41.9. The van der Waals surface area contributed by atoms with Crippen LogP contribution in [-0.4, -0.2) is 34.8 Å².